The molecule has 11 heteroatoms. The molecule has 2 aromatic carbocycles. The SMILES string of the molecule is COc1ccc2c(c1)OCCN(C(=O)Cc1cc(=O)[nH]o1)[C@@H]2C(=O)Cc1cc(F)c([Si](C)(C)C)c(F)c1. The molecule has 2 heterocycles. The van der Waals surface area contributed by atoms with E-state index in [2.05, 4.69) is 5.16 Å². The van der Waals surface area contributed by atoms with E-state index in [1.54, 1.807) is 18.2 Å². The van der Waals surface area contributed by atoms with Gasteiger partial charge < -0.3 is 18.9 Å². The van der Waals surface area contributed by atoms with Gasteiger partial charge in [-0.15, -0.1) is 0 Å². The van der Waals surface area contributed by atoms with Gasteiger partial charge in [0.15, 0.2) is 5.78 Å². The van der Waals surface area contributed by atoms with Crippen LogP contribution in [0.4, 0.5) is 8.78 Å². The minimum absolute atomic E-state index is 0.0676. The lowest BCUT2D eigenvalue weighted by Crippen LogP contribution is -2.43. The van der Waals surface area contributed by atoms with Crippen LogP contribution in [0.25, 0.3) is 0 Å². The average molecular weight is 531 g/mol. The van der Waals surface area contributed by atoms with E-state index < -0.39 is 43.0 Å². The molecule has 1 aliphatic heterocycles. The Balaban J connectivity index is 1.71. The van der Waals surface area contributed by atoms with Crippen LogP contribution < -0.4 is 20.2 Å². The van der Waals surface area contributed by atoms with Gasteiger partial charge >= 0.3 is 0 Å². The first-order chi connectivity index (χ1) is 17.5. The predicted molar refractivity (Wildman–Crippen MR) is 134 cm³/mol. The summed E-state index contributed by atoms with van der Waals surface area (Å²) in [7, 11) is -0.797. The summed E-state index contributed by atoms with van der Waals surface area (Å²) in [5.74, 6) is -1.27. The molecule has 1 amide bonds. The third kappa shape index (κ3) is 5.66. The third-order valence-corrected chi connectivity index (χ3v) is 8.15. The lowest BCUT2D eigenvalue weighted by molar-refractivity contribution is -0.139. The largest absolute Gasteiger partial charge is 0.497 e. The van der Waals surface area contributed by atoms with E-state index in [-0.39, 0.29) is 42.5 Å². The zero-order valence-electron chi connectivity index (χ0n) is 21.0. The van der Waals surface area contributed by atoms with Crippen LogP contribution in [0.3, 0.4) is 0 Å². The minimum atomic E-state index is -2.29. The Morgan fingerprint density at radius 1 is 1.11 bits per heavy atom. The maximum absolute atomic E-state index is 14.9. The fourth-order valence-corrected chi connectivity index (χ4v) is 6.14. The number of nitrogens with one attached hydrogen (secondary N) is 1. The molecule has 1 atom stereocenters. The molecule has 0 fully saturated rings. The number of ether oxygens (including phenoxy) is 2. The van der Waals surface area contributed by atoms with Gasteiger partial charge in [0, 0.05) is 29.3 Å². The molecule has 4 rings (SSSR count). The first kappa shape index (κ1) is 26.3. The van der Waals surface area contributed by atoms with Crippen LogP contribution in [0, 0.1) is 11.6 Å². The molecule has 0 radical (unpaired) electrons. The van der Waals surface area contributed by atoms with Crippen LogP contribution in [-0.2, 0) is 22.4 Å². The van der Waals surface area contributed by atoms with Crippen molar-refractivity contribution in [2.75, 3.05) is 20.3 Å². The second kappa shape index (κ2) is 10.3. The molecule has 0 saturated carbocycles. The van der Waals surface area contributed by atoms with E-state index in [4.69, 9.17) is 14.0 Å². The number of aromatic amines is 1. The standard InChI is InChI=1S/C26H28F2N2O6Si/c1-34-16-5-6-18-22(12-16)35-8-7-30(24(33)14-17-13-23(32)29-36-17)25(18)21(31)11-15-9-19(27)26(20(28)10-15)37(2,3)4/h5-6,9-10,12-13,25H,7-8,11,14H2,1-4H3,(H,29,32)/t25-/m0/s1. The number of hydrogen-bond donors (Lipinski definition) is 1. The number of amides is 1. The van der Waals surface area contributed by atoms with Crippen LogP contribution in [0.15, 0.2) is 45.7 Å². The maximum Gasteiger partial charge on any atom is 0.280 e. The number of carbonyl (C=O) groups is 2. The summed E-state index contributed by atoms with van der Waals surface area (Å²) in [6, 6.07) is 7.35. The second-order valence-electron chi connectivity index (χ2n) is 9.93. The van der Waals surface area contributed by atoms with E-state index in [1.807, 2.05) is 19.6 Å². The summed E-state index contributed by atoms with van der Waals surface area (Å²) in [6.45, 7) is 5.68. The lowest BCUT2D eigenvalue weighted by atomic mass is 9.95. The Kier molecular flexibility index (Phi) is 7.35. The van der Waals surface area contributed by atoms with Crippen LogP contribution in [0.2, 0.25) is 19.6 Å². The van der Waals surface area contributed by atoms with Crippen molar-refractivity contribution in [2.24, 2.45) is 0 Å². The molecule has 1 aliphatic rings. The number of aromatic nitrogens is 1. The van der Waals surface area contributed by atoms with Crippen molar-refractivity contribution in [3.05, 3.63) is 75.3 Å². The highest BCUT2D eigenvalue weighted by atomic mass is 28.3. The summed E-state index contributed by atoms with van der Waals surface area (Å²) < 4.78 is 45.9. The van der Waals surface area contributed by atoms with Gasteiger partial charge in [-0.25, -0.2) is 8.78 Å². The minimum Gasteiger partial charge on any atom is -0.497 e. The average Bonchev–Trinajstić information content (AvgIpc) is 3.11. The quantitative estimate of drug-likeness (QED) is 0.471. The van der Waals surface area contributed by atoms with Crippen molar-refractivity contribution in [2.45, 2.75) is 38.5 Å². The highest BCUT2D eigenvalue weighted by Gasteiger charge is 2.36. The molecule has 0 saturated heterocycles. The summed E-state index contributed by atoms with van der Waals surface area (Å²) >= 11 is 0. The number of carbonyl (C=O) groups excluding carboxylic acids is 2. The second-order valence-corrected chi connectivity index (χ2v) is 14.9. The van der Waals surface area contributed by atoms with Gasteiger partial charge in [0.25, 0.3) is 5.56 Å². The van der Waals surface area contributed by atoms with Gasteiger partial charge in [-0.1, -0.05) is 19.6 Å². The van der Waals surface area contributed by atoms with Gasteiger partial charge in [0.1, 0.15) is 41.5 Å². The molecular weight excluding hydrogens is 502 g/mol. The summed E-state index contributed by atoms with van der Waals surface area (Å²) in [6.07, 6.45) is -0.568. The number of hydrogen-bond acceptors (Lipinski definition) is 6. The number of rotatable bonds is 7. The molecule has 0 aliphatic carbocycles. The van der Waals surface area contributed by atoms with E-state index in [1.165, 1.54) is 24.1 Å². The van der Waals surface area contributed by atoms with Gasteiger partial charge in [-0.2, -0.15) is 5.16 Å². The first-order valence-corrected chi connectivity index (χ1v) is 15.3. The number of fused-ring (bicyclic) bond motifs is 1. The highest BCUT2D eigenvalue weighted by Crippen LogP contribution is 2.36. The van der Waals surface area contributed by atoms with Crippen LogP contribution in [-0.4, -0.2) is 50.1 Å². The Bertz CT molecular complexity index is 1370. The Labute approximate surface area is 213 Å². The van der Waals surface area contributed by atoms with Crippen molar-refractivity contribution in [1.29, 1.82) is 0 Å². The predicted octanol–water partition coefficient (Wildman–Crippen LogP) is 3.12. The molecule has 1 aromatic heterocycles. The van der Waals surface area contributed by atoms with Gasteiger partial charge in [0.2, 0.25) is 5.91 Å². The summed E-state index contributed by atoms with van der Waals surface area (Å²) in [5.41, 5.74) is 0.107. The smallest absolute Gasteiger partial charge is 0.280 e. The molecule has 37 heavy (non-hydrogen) atoms. The van der Waals surface area contributed by atoms with E-state index in [0.29, 0.717) is 17.1 Å². The summed E-state index contributed by atoms with van der Waals surface area (Å²) in [4.78, 5) is 39.8. The first-order valence-electron chi connectivity index (χ1n) is 11.8. The Hall–Kier alpha value is -3.73. The number of H-pyrrole nitrogens is 1. The fraction of sp³-hybridized carbons (Fsp3) is 0.346. The molecule has 196 valence electrons. The lowest BCUT2D eigenvalue weighted by Gasteiger charge is -2.29. The number of ketones is 1. The number of Topliss-reactive ketones (excluding diaryl/α,β-unsaturated/α-hetero) is 1. The van der Waals surface area contributed by atoms with E-state index in [9.17, 15) is 23.2 Å². The molecule has 8 nitrogen and oxygen atoms in total. The molecule has 0 spiro atoms. The van der Waals surface area contributed by atoms with Gasteiger partial charge in [-0.3, -0.25) is 14.4 Å². The van der Waals surface area contributed by atoms with Crippen LogP contribution in [0.1, 0.15) is 22.9 Å². The van der Waals surface area contributed by atoms with Crippen molar-refractivity contribution >= 4 is 25.0 Å². The Morgan fingerprint density at radius 3 is 2.41 bits per heavy atom. The zero-order valence-corrected chi connectivity index (χ0v) is 22.0. The van der Waals surface area contributed by atoms with Crippen molar-refractivity contribution < 1.29 is 32.4 Å². The van der Waals surface area contributed by atoms with E-state index in [0.717, 1.165) is 6.07 Å². The summed E-state index contributed by atoms with van der Waals surface area (Å²) in [5, 5.41) is 2.21. The van der Waals surface area contributed by atoms with E-state index >= 15 is 0 Å². The number of nitrogens with zero attached hydrogens (tertiary/aromatic N) is 1. The highest BCUT2D eigenvalue weighted by molar-refractivity contribution is 6.88. The molecule has 0 bridgehead atoms. The number of halogens is 2. The van der Waals surface area contributed by atoms with Crippen LogP contribution in [0.5, 0.6) is 11.5 Å². The zero-order chi connectivity index (χ0) is 26.9. The third-order valence-electron chi connectivity index (χ3n) is 6.17. The fourth-order valence-electron chi connectivity index (χ4n) is 4.56. The van der Waals surface area contributed by atoms with Crippen LogP contribution >= 0.6 is 0 Å². The van der Waals surface area contributed by atoms with Crippen molar-refractivity contribution in [1.82, 2.24) is 10.1 Å². The van der Waals surface area contributed by atoms with Crippen molar-refractivity contribution in [3.63, 3.8) is 0 Å². The van der Waals surface area contributed by atoms with Gasteiger partial charge in [-0.05, 0) is 29.8 Å². The Morgan fingerprint density at radius 2 is 1.81 bits per heavy atom. The van der Waals surface area contributed by atoms with Gasteiger partial charge in [0.05, 0.1) is 28.1 Å². The molecule has 3 aromatic rings. The topological polar surface area (TPSA) is 102 Å². The molecular formula is C26H28F2N2O6Si. The monoisotopic (exact) mass is 530 g/mol. The maximum atomic E-state index is 14.9. The molecule has 1 N–H and O–H groups in total. The van der Waals surface area contributed by atoms with Crippen molar-refractivity contribution in [3.8, 4) is 11.5 Å². The number of methoxy groups -OCH3 is 1. The number of benzene rings is 2. The normalized spacial score (nSPS) is 15.5. The molecule has 0 unspecified atom stereocenters.